The summed E-state index contributed by atoms with van der Waals surface area (Å²) in [6.45, 7) is 1.79. The molecule has 6 rings (SSSR count). The third-order valence-electron chi connectivity index (χ3n) is 6.35. The summed E-state index contributed by atoms with van der Waals surface area (Å²) in [7, 11) is 0. The quantitative estimate of drug-likeness (QED) is 0.614. The van der Waals surface area contributed by atoms with Gasteiger partial charge >= 0.3 is 0 Å². The lowest BCUT2D eigenvalue weighted by Gasteiger charge is -2.31. The van der Waals surface area contributed by atoms with Gasteiger partial charge in [-0.1, -0.05) is 10.4 Å². The van der Waals surface area contributed by atoms with Gasteiger partial charge in [0.2, 0.25) is 0 Å². The van der Waals surface area contributed by atoms with Crippen molar-refractivity contribution in [1.82, 2.24) is 25.9 Å². The molecule has 2 N–H and O–H groups in total. The molecule has 1 fully saturated rings. The van der Waals surface area contributed by atoms with E-state index in [-0.39, 0.29) is 6.04 Å². The monoisotopic (exact) mass is 452 g/mol. The molecule has 3 aromatic rings. The highest BCUT2D eigenvalue weighted by Crippen LogP contribution is 2.41. The van der Waals surface area contributed by atoms with Crippen LogP contribution >= 0.6 is 0 Å². The Balaban J connectivity index is 1.29. The third-order valence-corrected chi connectivity index (χ3v) is 6.35. The summed E-state index contributed by atoms with van der Waals surface area (Å²) in [6, 6.07) is 2.56. The SMILES string of the molecule is Fc1cc2c(cc1F)CC(NC1N=CC=CN1c1onc(-c3c[nH]nn3)c1N1CCCC1)C2. The van der Waals surface area contributed by atoms with Crippen LogP contribution in [0.4, 0.5) is 20.4 Å². The molecule has 2 aromatic heterocycles. The molecule has 1 unspecified atom stereocenters. The van der Waals surface area contributed by atoms with Crippen LogP contribution in [0.2, 0.25) is 0 Å². The first-order valence-electron chi connectivity index (χ1n) is 11.0. The first-order chi connectivity index (χ1) is 16.2. The van der Waals surface area contributed by atoms with E-state index in [0.29, 0.717) is 30.1 Å². The van der Waals surface area contributed by atoms with Gasteiger partial charge in [-0.2, -0.15) is 0 Å². The number of aliphatic imine (C=N–C) groups is 1. The van der Waals surface area contributed by atoms with Crippen LogP contribution in [0, 0.1) is 11.6 Å². The van der Waals surface area contributed by atoms with Crippen LogP contribution in [0.5, 0.6) is 0 Å². The van der Waals surface area contributed by atoms with Gasteiger partial charge in [-0.15, -0.1) is 5.10 Å². The maximum absolute atomic E-state index is 13.7. The Kier molecular flexibility index (Phi) is 4.90. The third kappa shape index (κ3) is 3.58. The van der Waals surface area contributed by atoms with E-state index < -0.39 is 17.9 Å². The first-order valence-corrected chi connectivity index (χ1v) is 11.0. The van der Waals surface area contributed by atoms with Gasteiger partial charge < -0.3 is 9.42 Å². The average Bonchev–Trinajstić information content (AvgIpc) is 3.60. The minimum absolute atomic E-state index is 0.0227. The maximum Gasteiger partial charge on any atom is 0.258 e. The number of nitrogens with zero attached hydrogens (tertiary/aromatic N) is 6. The van der Waals surface area contributed by atoms with Crippen LogP contribution in [0.25, 0.3) is 11.4 Å². The highest BCUT2D eigenvalue weighted by molar-refractivity contribution is 5.84. The summed E-state index contributed by atoms with van der Waals surface area (Å²) in [5.74, 6) is -1.06. The van der Waals surface area contributed by atoms with Gasteiger partial charge in [0.05, 0.1) is 6.20 Å². The highest BCUT2D eigenvalue weighted by Gasteiger charge is 2.34. The Morgan fingerprint density at radius 3 is 2.55 bits per heavy atom. The molecule has 0 radical (unpaired) electrons. The van der Waals surface area contributed by atoms with Crippen LogP contribution in [-0.4, -0.2) is 52.2 Å². The molecule has 3 aliphatic rings. The molecule has 9 nitrogen and oxygen atoms in total. The number of hydrogen-bond donors (Lipinski definition) is 2. The molecule has 0 spiro atoms. The molecule has 33 heavy (non-hydrogen) atoms. The number of fused-ring (bicyclic) bond motifs is 1. The number of benzene rings is 1. The Hall–Kier alpha value is -3.60. The minimum atomic E-state index is -0.813. The molecule has 170 valence electrons. The molecule has 11 heteroatoms. The number of aromatic amines is 1. The molecular weight excluding hydrogens is 430 g/mol. The van der Waals surface area contributed by atoms with Crippen molar-refractivity contribution >= 4 is 17.8 Å². The van der Waals surface area contributed by atoms with Gasteiger partial charge in [-0.3, -0.25) is 20.3 Å². The van der Waals surface area contributed by atoms with E-state index in [9.17, 15) is 8.78 Å². The van der Waals surface area contributed by atoms with Crippen LogP contribution in [0.15, 0.2) is 40.1 Å². The molecule has 0 amide bonds. The van der Waals surface area contributed by atoms with Crippen LogP contribution < -0.4 is 15.1 Å². The van der Waals surface area contributed by atoms with Crippen molar-refractivity contribution in [2.75, 3.05) is 22.9 Å². The van der Waals surface area contributed by atoms with E-state index in [1.807, 2.05) is 17.2 Å². The predicted molar refractivity (Wildman–Crippen MR) is 118 cm³/mol. The highest BCUT2D eigenvalue weighted by atomic mass is 19.2. The lowest BCUT2D eigenvalue weighted by atomic mass is 10.1. The number of aromatic nitrogens is 4. The zero-order valence-corrected chi connectivity index (χ0v) is 17.7. The second kappa shape index (κ2) is 8.07. The first kappa shape index (κ1) is 20.0. The zero-order valence-electron chi connectivity index (χ0n) is 17.7. The molecule has 0 bridgehead atoms. The molecule has 1 aromatic carbocycles. The van der Waals surface area contributed by atoms with Crippen LogP contribution in [-0.2, 0) is 12.8 Å². The van der Waals surface area contributed by atoms with Gasteiger partial charge in [0.25, 0.3) is 5.88 Å². The Morgan fingerprint density at radius 1 is 1.09 bits per heavy atom. The predicted octanol–water partition coefficient (Wildman–Crippen LogP) is 2.78. The average molecular weight is 452 g/mol. The fourth-order valence-electron chi connectivity index (χ4n) is 4.82. The Morgan fingerprint density at radius 2 is 1.85 bits per heavy atom. The second-order valence-corrected chi connectivity index (χ2v) is 8.47. The van der Waals surface area contributed by atoms with Crippen molar-refractivity contribution in [1.29, 1.82) is 0 Å². The zero-order chi connectivity index (χ0) is 22.4. The Bertz CT molecular complexity index is 1180. The van der Waals surface area contributed by atoms with E-state index >= 15 is 0 Å². The van der Waals surface area contributed by atoms with E-state index in [0.717, 1.165) is 42.7 Å². The number of H-pyrrole nitrogens is 1. The summed E-state index contributed by atoms with van der Waals surface area (Å²) >= 11 is 0. The summed E-state index contributed by atoms with van der Waals surface area (Å²) in [6.07, 6.45) is 10.0. The fourth-order valence-corrected chi connectivity index (χ4v) is 4.82. The second-order valence-electron chi connectivity index (χ2n) is 8.47. The van der Waals surface area contributed by atoms with Crippen molar-refractivity contribution in [2.45, 2.75) is 38.0 Å². The number of anilines is 2. The van der Waals surface area contributed by atoms with Crippen LogP contribution in [0.1, 0.15) is 24.0 Å². The standard InChI is InChI=1S/C22H22F2N8O/c23-16-10-13-8-15(9-14(13)11-17(16)24)27-22-25-4-3-7-32(22)21-20(31-5-1-2-6-31)19(29-33-21)18-12-26-30-28-18/h3-4,7,10-12,15,22,27H,1-2,5-6,8-9H2,(H,26,28,30). The molecule has 1 atom stereocenters. The van der Waals surface area contributed by atoms with Gasteiger partial charge in [0, 0.05) is 31.5 Å². The van der Waals surface area contributed by atoms with E-state index in [4.69, 9.17) is 4.52 Å². The number of halogens is 2. The van der Waals surface area contributed by atoms with E-state index in [1.54, 1.807) is 12.4 Å². The Labute approximate surface area is 188 Å². The van der Waals surface area contributed by atoms with Crippen molar-refractivity contribution in [3.05, 3.63) is 53.4 Å². The summed E-state index contributed by atoms with van der Waals surface area (Å²) in [5, 5.41) is 18.5. The van der Waals surface area contributed by atoms with Gasteiger partial charge in [0.1, 0.15) is 11.4 Å². The topological polar surface area (TPSA) is 98.5 Å². The maximum atomic E-state index is 13.7. The normalized spacial score (nSPS) is 20.2. The van der Waals surface area contributed by atoms with Gasteiger partial charge in [0.15, 0.2) is 23.6 Å². The lowest BCUT2D eigenvalue weighted by molar-refractivity contribution is 0.388. The molecule has 2 aliphatic heterocycles. The fraction of sp³-hybridized carbons (Fsp3) is 0.364. The molecule has 4 heterocycles. The van der Waals surface area contributed by atoms with E-state index in [2.05, 4.69) is 35.8 Å². The summed E-state index contributed by atoms with van der Waals surface area (Å²) in [4.78, 5) is 8.75. The number of rotatable bonds is 5. The van der Waals surface area contributed by atoms with Crippen molar-refractivity contribution < 1.29 is 13.3 Å². The van der Waals surface area contributed by atoms with Crippen molar-refractivity contribution in [3.8, 4) is 11.4 Å². The minimum Gasteiger partial charge on any atom is -0.365 e. The van der Waals surface area contributed by atoms with Crippen molar-refractivity contribution in [3.63, 3.8) is 0 Å². The number of nitrogens with one attached hydrogen (secondary N) is 2. The largest absolute Gasteiger partial charge is 0.365 e. The smallest absolute Gasteiger partial charge is 0.258 e. The van der Waals surface area contributed by atoms with Crippen LogP contribution in [0.3, 0.4) is 0 Å². The van der Waals surface area contributed by atoms with E-state index in [1.165, 1.54) is 12.1 Å². The number of allylic oxidation sites excluding steroid dienone is 1. The van der Waals surface area contributed by atoms with Crippen molar-refractivity contribution in [2.24, 2.45) is 4.99 Å². The lowest BCUT2D eigenvalue weighted by Crippen LogP contribution is -2.48. The van der Waals surface area contributed by atoms with Gasteiger partial charge in [-0.25, -0.2) is 8.78 Å². The molecule has 0 saturated carbocycles. The number of hydrogen-bond acceptors (Lipinski definition) is 8. The molecular formula is C22H22F2N8O. The molecule has 1 saturated heterocycles. The summed E-state index contributed by atoms with van der Waals surface area (Å²) < 4.78 is 33.2. The van der Waals surface area contributed by atoms with Gasteiger partial charge in [-0.05, 0) is 55.0 Å². The molecule has 1 aliphatic carbocycles. The summed E-state index contributed by atoms with van der Waals surface area (Å²) in [5.41, 5.74) is 3.73.